The largest absolute Gasteiger partial charge is 0.469 e. The van der Waals surface area contributed by atoms with Crippen LogP contribution in [0.2, 0.25) is 0 Å². The Morgan fingerprint density at radius 1 is 1.56 bits per heavy atom. The van der Waals surface area contributed by atoms with Crippen molar-refractivity contribution in [1.29, 1.82) is 0 Å². The summed E-state index contributed by atoms with van der Waals surface area (Å²) in [6.07, 6.45) is 3.62. The van der Waals surface area contributed by atoms with Crippen molar-refractivity contribution >= 4 is 5.97 Å². The highest BCUT2D eigenvalue weighted by Gasteiger charge is 2.50. The SMILES string of the molecule is COC(=O)C1(CNCc2ccccn2)CC1. The molecule has 0 atom stereocenters. The maximum absolute atomic E-state index is 11.5. The molecule has 16 heavy (non-hydrogen) atoms. The van der Waals surface area contributed by atoms with Gasteiger partial charge in [-0.05, 0) is 25.0 Å². The van der Waals surface area contributed by atoms with Gasteiger partial charge in [0.05, 0.1) is 18.2 Å². The molecule has 1 N–H and O–H groups in total. The van der Waals surface area contributed by atoms with Crippen molar-refractivity contribution in [3.63, 3.8) is 0 Å². The molecule has 0 unspecified atom stereocenters. The lowest BCUT2D eigenvalue weighted by Gasteiger charge is -2.12. The molecule has 4 nitrogen and oxygen atoms in total. The Kier molecular flexibility index (Phi) is 3.19. The van der Waals surface area contributed by atoms with Gasteiger partial charge in [0.15, 0.2) is 0 Å². The summed E-state index contributed by atoms with van der Waals surface area (Å²) in [6, 6.07) is 5.81. The number of hydrogen-bond acceptors (Lipinski definition) is 4. The van der Waals surface area contributed by atoms with E-state index in [0.717, 1.165) is 18.5 Å². The van der Waals surface area contributed by atoms with Crippen LogP contribution in [0.1, 0.15) is 18.5 Å². The summed E-state index contributed by atoms with van der Waals surface area (Å²) in [5.74, 6) is -0.0963. The average molecular weight is 220 g/mol. The summed E-state index contributed by atoms with van der Waals surface area (Å²) >= 11 is 0. The van der Waals surface area contributed by atoms with Gasteiger partial charge in [-0.2, -0.15) is 0 Å². The van der Waals surface area contributed by atoms with Gasteiger partial charge >= 0.3 is 5.97 Å². The van der Waals surface area contributed by atoms with Crippen LogP contribution in [-0.2, 0) is 16.1 Å². The fourth-order valence-corrected chi connectivity index (χ4v) is 1.75. The first-order valence-corrected chi connectivity index (χ1v) is 5.46. The Bertz CT molecular complexity index is 361. The Labute approximate surface area is 95.0 Å². The van der Waals surface area contributed by atoms with Crippen molar-refractivity contribution < 1.29 is 9.53 Å². The molecule has 0 saturated heterocycles. The summed E-state index contributed by atoms with van der Waals surface area (Å²) < 4.78 is 4.79. The smallest absolute Gasteiger partial charge is 0.313 e. The molecule has 4 heteroatoms. The second-order valence-corrected chi connectivity index (χ2v) is 4.20. The number of carbonyl (C=O) groups excluding carboxylic acids is 1. The number of methoxy groups -OCH3 is 1. The molecule has 1 aromatic heterocycles. The van der Waals surface area contributed by atoms with Crippen molar-refractivity contribution in [1.82, 2.24) is 10.3 Å². The highest BCUT2D eigenvalue weighted by molar-refractivity contribution is 5.80. The van der Waals surface area contributed by atoms with Crippen LogP contribution in [0.4, 0.5) is 0 Å². The number of nitrogens with zero attached hydrogens (tertiary/aromatic N) is 1. The Balaban J connectivity index is 1.79. The van der Waals surface area contributed by atoms with E-state index in [1.807, 2.05) is 18.2 Å². The third kappa shape index (κ3) is 2.39. The standard InChI is InChI=1S/C12H16N2O2/c1-16-11(15)12(5-6-12)9-13-8-10-4-2-3-7-14-10/h2-4,7,13H,5-6,8-9H2,1H3. The zero-order valence-corrected chi connectivity index (χ0v) is 9.40. The second kappa shape index (κ2) is 4.61. The predicted molar refractivity (Wildman–Crippen MR) is 59.6 cm³/mol. The molecule has 1 aliphatic carbocycles. The van der Waals surface area contributed by atoms with E-state index in [-0.39, 0.29) is 11.4 Å². The Morgan fingerprint density at radius 2 is 2.38 bits per heavy atom. The number of carbonyl (C=O) groups is 1. The maximum atomic E-state index is 11.5. The van der Waals surface area contributed by atoms with Gasteiger partial charge < -0.3 is 10.1 Å². The molecule has 1 saturated carbocycles. The number of hydrogen-bond donors (Lipinski definition) is 1. The summed E-state index contributed by atoms with van der Waals surface area (Å²) in [7, 11) is 1.45. The monoisotopic (exact) mass is 220 g/mol. The fourth-order valence-electron chi connectivity index (χ4n) is 1.75. The topological polar surface area (TPSA) is 51.2 Å². The van der Waals surface area contributed by atoms with Crippen LogP contribution in [0.15, 0.2) is 24.4 Å². The summed E-state index contributed by atoms with van der Waals surface area (Å²) in [6.45, 7) is 1.37. The number of aromatic nitrogens is 1. The quantitative estimate of drug-likeness (QED) is 0.756. The van der Waals surface area contributed by atoms with Gasteiger partial charge in [-0.1, -0.05) is 6.07 Å². The first-order chi connectivity index (χ1) is 7.77. The van der Waals surface area contributed by atoms with Crippen LogP contribution in [0.25, 0.3) is 0 Å². The average Bonchev–Trinajstić information content (AvgIpc) is 3.11. The Hall–Kier alpha value is -1.42. The van der Waals surface area contributed by atoms with Gasteiger partial charge in [-0.15, -0.1) is 0 Å². The van der Waals surface area contributed by atoms with Gasteiger partial charge in [0.25, 0.3) is 0 Å². The van der Waals surface area contributed by atoms with Crippen molar-refractivity contribution in [2.45, 2.75) is 19.4 Å². The first-order valence-electron chi connectivity index (χ1n) is 5.46. The molecule has 0 aliphatic heterocycles. The molecule has 0 spiro atoms. The van der Waals surface area contributed by atoms with Crippen LogP contribution in [-0.4, -0.2) is 24.6 Å². The molecular weight excluding hydrogens is 204 g/mol. The minimum atomic E-state index is -0.260. The molecule has 1 aromatic rings. The van der Waals surface area contributed by atoms with E-state index >= 15 is 0 Å². The second-order valence-electron chi connectivity index (χ2n) is 4.20. The Morgan fingerprint density at radius 3 is 2.94 bits per heavy atom. The first kappa shape index (κ1) is 11.1. The van der Waals surface area contributed by atoms with Gasteiger partial charge in [0, 0.05) is 19.3 Å². The third-order valence-corrected chi connectivity index (χ3v) is 2.97. The van der Waals surface area contributed by atoms with Crippen LogP contribution >= 0.6 is 0 Å². The fraction of sp³-hybridized carbons (Fsp3) is 0.500. The molecule has 0 aromatic carbocycles. The summed E-state index contributed by atoms with van der Waals surface area (Å²) in [4.78, 5) is 15.7. The van der Waals surface area contributed by atoms with Crippen molar-refractivity contribution in [2.75, 3.05) is 13.7 Å². The predicted octanol–water partition coefficient (Wildman–Crippen LogP) is 1.12. The normalized spacial score (nSPS) is 16.8. The summed E-state index contributed by atoms with van der Waals surface area (Å²) in [5, 5.41) is 3.26. The molecular formula is C12H16N2O2. The van der Waals surface area contributed by atoms with Crippen LogP contribution in [0.5, 0.6) is 0 Å². The highest BCUT2D eigenvalue weighted by atomic mass is 16.5. The lowest BCUT2D eigenvalue weighted by molar-refractivity contribution is -0.146. The van der Waals surface area contributed by atoms with E-state index in [2.05, 4.69) is 10.3 Å². The lowest BCUT2D eigenvalue weighted by atomic mass is 10.1. The minimum absolute atomic E-state index is 0.0963. The highest BCUT2D eigenvalue weighted by Crippen LogP contribution is 2.46. The zero-order valence-electron chi connectivity index (χ0n) is 9.40. The van der Waals surface area contributed by atoms with E-state index in [1.165, 1.54) is 7.11 Å². The van der Waals surface area contributed by atoms with Crippen LogP contribution in [0.3, 0.4) is 0 Å². The van der Waals surface area contributed by atoms with E-state index < -0.39 is 0 Å². The van der Waals surface area contributed by atoms with Crippen molar-refractivity contribution in [3.05, 3.63) is 30.1 Å². The van der Waals surface area contributed by atoms with Crippen molar-refractivity contribution in [2.24, 2.45) is 5.41 Å². The molecule has 2 rings (SSSR count). The third-order valence-electron chi connectivity index (χ3n) is 2.97. The molecule has 1 heterocycles. The number of ether oxygens (including phenoxy) is 1. The van der Waals surface area contributed by atoms with E-state index in [0.29, 0.717) is 13.1 Å². The summed E-state index contributed by atoms with van der Waals surface area (Å²) in [5.41, 5.74) is 0.729. The lowest BCUT2D eigenvalue weighted by Crippen LogP contribution is -2.30. The van der Waals surface area contributed by atoms with E-state index in [4.69, 9.17) is 4.74 Å². The van der Waals surface area contributed by atoms with E-state index in [9.17, 15) is 4.79 Å². The molecule has 0 bridgehead atoms. The van der Waals surface area contributed by atoms with Gasteiger partial charge in [-0.3, -0.25) is 9.78 Å². The number of pyridine rings is 1. The number of esters is 1. The van der Waals surface area contributed by atoms with Crippen LogP contribution in [0, 0.1) is 5.41 Å². The van der Waals surface area contributed by atoms with Gasteiger partial charge in [0.2, 0.25) is 0 Å². The number of nitrogens with one attached hydrogen (secondary N) is 1. The minimum Gasteiger partial charge on any atom is -0.469 e. The van der Waals surface area contributed by atoms with Gasteiger partial charge in [-0.25, -0.2) is 0 Å². The maximum Gasteiger partial charge on any atom is 0.313 e. The zero-order chi connectivity index (χ0) is 11.4. The molecule has 0 amide bonds. The van der Waals surface area contributed by atoms with E-state index in [1.54, 1.807) is 6.20 Å². The van der Waals surface area contributed by atoms with Gasteiger partial charge in [0.1, 0.15) is 0 Å². The van der Waals surface area contributed by atoms with Crippen LogP contribution < -0.4 is 5.32 Å². The molecule has 1 fully saturated rings. The number of rotatable bonds is 5. The van der Waals surface area contributed by atoms with Crippen molar-refractivity contribution in [3.8, 4) is 0 Å². The molecule has 1 aliphatic rings. The molecule has 86 valence electrons. The molecule has 0 radical (unpaired) electrons.